The number of rotatable bonds is 7. The van der Waals surface area contributed by atoms with Crippen molar-refractivity contribution in [1.29, 1.82) is 0 Å². The van der Waals surface area contributed by atoms with Crippen LogP contribution in [0.1, 0.15) is 29.5 Å². The summed E-state index contributed by atoms with van der Waals surface area (Å²) >= 11 is 1.46. The van der Waals surface area contributed by atoms with E-state index in [-0.39, 0.29) is 11.6 Å². The molecule has 0 amide bonds. The highest BCUT2D eigenvalue weighted by Crippen LogP contribution is 2.16. The van der Waals surface area contributed by atoms with Crippen molar-refractivity contribution in [3.63, 3.8) is 0 Å². The topological polar surface area (TPSA) is 84.2 Å². The number of thiazole rings is 1. The number of hydrogen-bond acceptors (Lipinski definition) is 6. The molecule has 0 aliphatic heterocycles. The predicted octanol–water partition coefficient (Wildman–Crippen LogP) is 2.02. The summed E-state index contributed by atoms with van der Waals surface area (Å²) in [5.74, 6) is 0.595. The van der Waals surface area contributed by atoms with Crippen molar-refractivity contribution in [2.24, 2.45) is 0 Å². The van der Waals surface area contributed by atoms with Crippen LogP contribution in [0.25, 0.3) is 0 Å². The van der Waals surface area contributed by atoms with Gasteiger partial charge in [-0.1, -0.05) is 13.8 Å². The quantitative estimate of drug-likeness (QED) is 0.812. The summed E-state index contributed by atoms with van der Waals surface area (Å²) < 4.78 is 32.1. The maximum Gasteiger partial charge on any atom is 0.274 e. The molecule has 2 N–H and O–H groups in total. The van der Waals surface area contributed by atoms with E-state index in [2.05, 4.69) is 15.0 Å². The van der Waals surface area contributed by atoms with Gasteiger partial charge in [-0.3, -0.25) is 0 Å². The summed E-state index contributed by atoms with van der Waals surface area (Å²) in [6.45, 7) is 6.62. The zero-order chi connectivity index (χ0) is 15.5. The van der Waals surface area contributed by atoms with Gasteiger partial charge in [-0.05, 0) is 19.1 Å². The summed E-state index contributed by atoms with van der Waals surface area (Å²) in [7, 11) is -3.63. The molecule has 0 saturated carbocycles. The third-order valence-electron chi connectivity index (χ3n) is 2.69. The van der Waals surface area contributed by atoms with Gasteiger partial charge in [-0.15, -0.1) is 11.3 Å². The van der Waals surface area contributed by atoms with E-state index < -0.39 is 10.0 Å². The number of nitrogens with zero attached hydrogens (tertiary/aromatic N) is 1. The highest BCUT2D eigenvalue weighted by atomic mass is 32.2. The summed E-state index contributed by atoms with van der Waals surface area (Å²) in [4.78, 5) is 4.95. The second-order valence-electron chi connectivity index (χ2n) is 4.93. The second kappa shape index (κ2) is 6.69. The maximum atomic E-state index is 12.1. The molecule has 0 radical (unpaired) electrons. The van der Waals surface area contributed by atoms with Crippen molar-refractivity contribution >= 4 is 21.4 Å². The summed E-state index contributed by atoms with van der Waals surface area (Å²) in [6.07, 6.45) is 1.67. The molecule has 2 rings (SSSR count). The Morgan fingerprint density at radius 2 is 2.10 bits per heavy atom. The molecule has 2 aromatic rings. The van der Waals surface area contributed by atoms with Gasteiger partial charge in [0.15, 0.2) is 0 Å². The molecule has 2 heterocycles. The van der Waals surface area contributed by atoms with Crippen LogP contribution in [-0.4, -0.2) is 19.4 Å². The summed E-state index contributed by atoms with van der Waals surface area (Å²) in [5, 5.41) is 4.01. The van der Waals surface area contributed by atoms with Crippen LogP contribution in [0.3, 0.4) is 0 Å². The highest BCUT2D eigenvalue weighted by Gasteiger charge is 2.19. The zero-order valence-electron chi connectivity index (χ0n) is 12.2. The van der Waals surface area contributed by atoms with E-state index >= 15 is 0 Å². The van der Waals surface area contributed by atoms with Crippen LogP contribution in [0, 0.1) is 6.92 Å². The Labute approximate surface area is 128 Å². The Bertz CT molecular complexity index is 689. The van der Waals surface area contributed by atoms with E-state index in [9.17, 15) is 8.42 Å². The molecule has 0 aliphatic carbocycles. The average molecular weight is 329 g/mol. The van der Waals surface area contributed by atoms with Crippen LogP contribution in [-0.2, 0) is 23.1 Å². The molecular weight excluding hydrogens is 310 g/mol. The Morgan fingerprint density at radius 3 is 2.71 bits per heavy atom. The molecule has 0 aliphatic rings. The zero-order valence-corrected chi connectivity index (χ0v) is 13.8. The fourth-order valence-electron chi connectivity index (χ4n) is 1.63. The van der Waals surface area contributed by atoms with E-state index in [1.807, 2.05) is 20.8 Å². The van der Waals surface area contributed by atoms with Crippen LogP contribution in [0.4, 0.5) is 0 Å². The third-order valence-corrected chi connectivity index (χ3v) is 4.88. The largest absolute Gasteiger partial charge is 0.447 e. The summed E-state index contributed by atoms with van der Waals surface area (Å²) in [6, 6.07) is 3.45. The summed E-state index contributed by atoms with van der Waals surface area (Å²) in [5.41, 5.74) is 0. The van der Waals surface area contributed by atoms with Gasteiger partial charge >= 0.3 is 0 Å². The molecular formula is C13H19N3O3S2. The van der Waals surface area contributed by atoms with Crippen LogP contribution >= 0.6 is 11.3 Å². The Kier molecular flexibility index (Phi) is 5.15. The average Bonchev–Trinajstić information content (AvgIpc) is 3.03. The minimum Gasteiger partial charge on any atom is -0.447 e. The molecule has 0 saturated heterocycles. The normalized spacial score (nSPS) is 12.2. The van der Waals surface area contributed by atoms with Gasteiger partial charge in [0.25, 0.3) is 10.0 Å². The van der Waals surface area contributed by atoms with Gasteiger partial charge in [-0.2, -0.15) is 0 Å². The molecule has 0 spiro atoms. The van der Waals surface area contributed by atoms with E-state index in [0.717, 1.165) is 9.88 Å². The van der Waals surface area contributed by atoms with Gasteiger partial charge < -0.3 is 9.73 Å². The first-order valence-corrected chi connectivity index (χ1v) is 8.90. The molecule has 0 atom stereocenters. The first-order chi connectivity index (χ1) is 9.87. The van der Waals surface area contributed by atoms with E-state index in [1.165, 1.54) is 17.4 Å². The first-order valence-electron chi connectivity index (χ1n) is 6.60. The predicted molar refractivity (Wildman–Crippen MR) is 81.6 cm³/mol. The van der Waals surface area contributed by atoms with Gasteiger partial charge in [0.05, 0.1) is 11.6 Å². The number of hydrogen-bond donors (Lipinski definition) is 2. The molecule has 21 heavy (non-hydrogen) atoms. The smallest absolute Gasteiger partial charge is 0.274 e. The number of nitrogens with one attached hydrogen (secondary N) is 2. The maximum absolute atomic E-state index is 12.1. The third kappa shape index (κ3) is 4.63. The monoisotopic (exact) mass is 329 g/mol. The van der Waals surface area contributed by atoms with Crippen molar-refractivity contribution in [2.45, 2.75) is 45.0 Å². The van der Waals surface area contributed by atoms with Gasteiger partial charge in [0.1, 0.15) is 5.76 Å². The lowest BCUT2D eigenvalue weighted by Crippen LogP contribution is -2.23. The molecule has 0 unspecified atom stereocenters. The number of furan rings is 1. The van der Waals surface area contributed by atoms with Crippen molar-refractivity contribution in [2.75, 3.05) is 0 Å². The van der Waals surface area contributed by atoms with Gasteiger partial charge in [0, 0.05) is 23.7 Å². The van der Waals surface area contributed by atoms with Crippen molar-refractivity contribution in [1.82, 2.24) is 15.0 Å². The molecule has 6 nitrogen and oxygen atoms in total. The van der Waals surface area contributed by atoms with Crippen molar-refractivity contribution in [3.8, 4) is 0 Å². The number of aromatic nitrogens is 1. The molecule has 0 bridgehead atoms. The molecule has 8 heteroatoms. The van der Waals surface area contributed by atoms with E-state index in [1.54, 1.807) is 12.3 Å². The van der Waals surface area contributed by atoms with Crippen LogP contribution in [0.15, 0.2) is 27.8 Å². The number of sulfonamides is 1. The fourth-order valence-corrected chi connectivity index (χ4v) is 3.40. The van der Waals surface area contributed by atoms with Gasteiger partial charge in [0.2, 0.25) is 5.09 Å². The Balaban J connectivity index is 1.99. The molecule has 0 aromatic carbocycles. The van der Waals surface area contributed by atoms with Crippen molar-refractivity contribution < 1.29 is 12.8 Å². The lowest BCUT2D eigenvalue weighted by Gasteiger charge is -2.05. The van der Waals surface area contributed by atoms with Crippen LogP contribution in [0.2, 0.25) is 0 Å². The minimum absolute atomic E-state index is 0.0655. The highest BCUT2D eigenvalue weighted by molar-refractivity contribution is 7.89. The Morgan fingerprint density at radius 1 is 1.33 bits per heavy atom. The number of aryl methyl sites for hydroxylation is 1. The minimum atomic E-state index is -3.63. The van der Waals surface area contributed by atoms with E-state index in [0.29, 0.717) is 18.3 Å². The molecule has 116 valence electrons. The second-order valence-corrected chi connectivity index (χ2v) is 7.94. The fraction of sp³-hybridized carbons (Fsp3) is 0.462. The molecule has 2 aromatic heterocycles. The van der Waals surface area contributed by atoms with E-state index in [4.69, 9.17) is 4.42 Å². The standard InChI is InChI=1S/C13H19N3O3S2/c1-9(2)14-6-11-4-5-13(19-11)21(17,18)16-8-12-7-15-10(3)20-12/h4-5,7,9,14,16H,6,8H2,1-3H3. The lowest BCUT2D eigenvalue weighted by molar-refractivity contribution is 0.393. The molecule has 0 fully saturated rings. The van der Waals surface area contributed by atoms with Crippen molar-refractivity contribution in [3.05, 3.63) is 34.0 Å². The Hall–Kier alpha value is -1.22. The van der Waals surface area contributed by atoms with Crippen LogP contribution < -0.4 is 10.0 Å². The lowest BCUT2D eigenvalue weighted by atomic mass is 10.3. The van der Waals surface area contributed by atoms with Crippen LogP contribution in [0.5, 0.6) is 0 Å². The first kappa shape index (κ1) is 16.2. The van der Waals surface area contributed by atoms with Gasteiger partial charge in [-0.25, -0.2) is 18.1 Å². The SMILES string of the molecule is Cc1ncc(CNS(=O)(=O)c2ccc(CNC(C)C)o2)s1.